The molecule has 1 fully saturated rings. The Hall–Kier alpha value is -3.35. The summed E-state index contributed by atoms with van der Waals surface area (Å²) < 4.78 is 11.4. The predicted molar refractivity (Wildman–Crippen MR) is 120 cm³/mol. The van der Waals surface area contributed by atoms with E-state index in [9.17, 15) is 14.4 Å². The molecule has 2 heterocycles. The minimum absolute atomic E-state index is 0.273. The van der Waals surface area contributed by atoms with Crippen LogP contribution in [0.5, 0.6) is 5.75 Å². The van der Waals surface area contributed by atoms with Crippen LogP contribution >= 0.6 is 0 Å². The van der Waals surface area contributed by atoms with Gasteiger partial charge in [0.1, 0.15) is 11.4 Å². The molecule has 0 saturated carbocycles. The summed E-state index contributed by atoms with van der Waals surface area (Å²) in [5.74, 6) is 0.278. The van der Waals surface area contributed by atoms with E-state index in [2.05, 4.69) is 0 Å². The average Bonchev–Trinajstić information content (AvgIpc) is 3.02. The number of hydrogen-bond acceptors (Lipinski definition) is 5. The molecule has 32 heavy (non-hydrogen) atoms. The molecule has 0 spiro atoms. The third kappa shape index (κ3) is 4.61. The van der Waals surface area contributed by atoms with Gasteiger partial charge in [0.2, 0.25) is 0 Å². The quantitative estimate of drug-likeness (QED) is 0.659. The Morgan fingerprint density at radius 1 is 0.969 bits per heavy atom. The molecule has 2 aliphatic heterocycles. The summed E-state index contributed by atoms with van der Waals surface area (Å²) in [5, 5.41) is 0. The minimum atomic E-state index is -0.498. The Labute approximate surface area is 187 Å². The lowest BCUT2D eigenvalue weighted by molar-refractivity contribution is 0.0164. The van der Waals surface area contributed by atoms with E-state index in [0.717, 1.165) is 12.8 Å². The standard InChI is InChI=1S/C25H28N2O5/c1-25(2,3)32-24(30)26-13-11-17(12-14-26)16-31-19-8-6-7-18(15-19)27-22(28)20-9-4-5-10-21(20)23(27)29/h4-10,15,17H,11-14,16H2,1-3H3. The maximum atomic E-state index is 12.7. The van der Waals surface area contributed by atoms with Gasteiger partial charge in [-0.15, -0.1) is 0 Å². The molecule has 0 N–H and O–H groups in total. The molecular formula is C25H28N2O5. The van der Waals surface area contributed by atoms with E-state index >= 15 is 0 Å². The maximum Gasteiger partial charge on any atom is 0.410 e. The Kier molecular flexibility index (Phi) is 5.91. The number of rotatable bonds is 4. The van der Waals surface area contributed by atoms with E-state index in [1.165, 1.54) is 4.90 Å². The number of amides is 3. The summed E-state index contributed by atoms with van der Waals surface area (Å²) in [5.41, 5.74) is 0.830. The number of piperidine rings is 1. The molecule has 7 nitrogen and oxygen atoms in total. The number of hydrogen-bond donors (Lipinski definition) is 0. The number of nitrogens with zero attached hydrogens (tertiary/aromatic N) is 2. The highest BCUT2D eigenvalue weighted by Crippen LogP contribution is 2.31. The van der Waals surface area contributed by atoms with Crippen LogP contribution in [0.1, 0.15) is 54.3 Å². The summed E-state index contributed by atoms with van der Waals surface area (Å²) >= 11 is 0. The van der Waals surface area contributed by atoms with Crippen LogP contribution in [0.25, 0.3) is 0 Å². The third-order valence-electron chi connectivity index (χ3n) is 5.62. The maximum absolute atomic E-state index is 12.7. The molecule has 1 saturated heterocycles. The third-order valence-corrected chi connectivity index (χ3v) is 5.62. The zero-order valence-corrected chi connectivity index (χ0v) is 18.7. The van der Waals surface area contributed by atoms with Gasteiger partial charge in [-0.3, -0.25) is 9.59 Å². The van der Waals surface area contributed by atoms with Gasteiger partial charge in [-0.1, -0.05) is 18.2 Å². The van der Waals surface area contributed by atoms with Gasteiger partial charge >= 0.3 is 6.09 Å². The number of fused-ring (bicyclic) bond motifs is 1. The first-order valence-corrected chi connectivity index (χ1v) is 10.9. The van der Waals surface area contributed by atoms with Crippen LogP contribution in [0.4, 0.5) is 10.5 Å². The topological polar surface area (TPSA) is 76.2 Å². The van der Waals surface area contributed by atoms with Crippen molar-refractivity contribution in [2.75, 3.05) is 24.6 Å². The van der Waals surface area contributed by atoms with Crippen LogP contribution in [-0.4, -0.2) is 48.1 Å². The molecule has 0 aromatic heterocycles. The number of benzene rings is 2. The van der Waals surface area contributed by atoms with Crippen molar-refractivity contribution in [3.8, 4) is 5.75 Å². The van der Waals surface area contributed by atoms with Gasteiger partial charge in [0, 0.05) is 19.2 Å². The summed E-state index contributed by atoms with van der Waals surface area (Å²) in [6, 6.07) is 13.9. The molecule has 2 aromatic carbocycles. The summed E-state index contributed by atoms with van der Waals surface area (Å²) in [4.78, 5) is 40.6. The Morgan fingerprint density at radius 2 is 1.59 bits per heavy atom. The van der Waals surface area contributed by atoms with Crippen molar-refractivity contribution in [3.63, 3.8) is 0 Å². The van der Waals surface area contributed by atoms with E-state index in [-0.39, 0.29) is 17.9 Å². The fourth-order valence-corrected chi connectivity index (χ4v) is 3.96. The molecule has 0 bridgehead atoms. The molecule has 0 aliphatic carbocycles. The van der Waals surface area contributed by atoms with Gasteiger partial charge in [0.25, 0.3) is 11.8 Å². The van der Waals surface area contributed by atoms with Crippen molar-refractivity contribution in [1.29, 1.82) is 0 Å². The van der Waals surface area contributed by atoms with Gasteiger partial charge in [0.05, 0.1) is 23.4 Å². The largest absolute Gasteiger partial charge is 0.493 e. The molecule has 0 atom stereocenters. The smallest absolute Gasteiger partial charge is 0.410 e. The van der Waals surface area contributed by atoms with Crippen LogP contribution in [0.3, 0.4) is 0 Å². The van der Waals surface area contributed by atoms with Crippen LogP contribution in [0.2, 0.25) is 0 Å². The number of anilines is 1. The van der Waals surface area contributed by atoms with Crippen LogP contribution in [0, 0.1) is 5.92 Å². The van der Waals surface area contributed by atoms with Gasteiger partial charge in [-0.05, 0) is 63.8 Å². The van der Waals surface area contributed by atoms with Crippen molar-refractivity contribution >= 4 is 23.6 Å². The number of carbonyl (C=O) groups excluding carboxylic acids is 3. The normalized spacial score (nSPS) is 16.8. The van der Waals surface area contributed by atoms with Crippen molar-refractivity contribution in [2.45, 2.75) is 39.2 Å². The second-order valence-electron chi connectivity index (χ2n) is 9.21. The average molecular weight is 437 g/mol. The monoisotopic (exact) mass is 436 g/mol. The van der Waals surface area contributed by atoms with E-state index in [1.54, 1.807) is 47.4 Å². The van der Waals surface area contributed by atoms with Crippen LogP contribution in [-0.2, 0) is 4.74 Å². The van der Waals surface area contributed by atoms with E-state index in [1.807, 2.05) is 26.8 Å². The molecule has 3 amide bonds. The molecule has 2 aromatic rings. The van der Waals surface area contributed by atoms with Gasteiger partial charge in [-0.2, -0.15) is 0 Å². The fraction of sp³-hybridized carbons (Fsp3) is 0.400. The van der Waals surface area contributed by atoms with Gasteiger partial charge in [-0.25, -0.2) is 9.69 Å². The molecule has 0 radical (unpaired) electrons. The van der Waals surface area contributed by atoms with Crippen LogP contribution < -0.4 is 9.64 Å². The lowest BCUT2D eigenvalue weighted by Gasteiger charge is -2.33. The van der Waals surface area contributed by atoms with Gasteiger partial charge < -0.3 is 14.4 Å². The Balaban J connectivity index is 1.34. The first-order valence-electron chi connectivity index (χ1n) is 10.9. The Morgan fingerprint density at radius 3 is 2.19 bits per heavy atom. The second-order valence-corrected chi connectivity index (χ2v) is 9.21. The molecular weight excluding hydrogens is 408 g/mol. The lowest BCUT2D eigenvalue weighted by atomic mass is 9.98. The SMILES string of the molecule is CC(C)(C)OC(=O)N1CCC(COc2cccc(N3C(=O)c4ccccc4C3=O)c2)CC1. The summed E-state index contributed by atoms with van der Waals surface area (Å²) in [6.07, 6.45) is 1.39. The first-order chi connectivity index (χ1) is 15.2. The first kappa shape index (κ1) is 21.9. The number of likely N-dealkylation sites (tertiary alicyclic amines) is 1. The number of imide groups is 1. The molecule has 2 aliphatic rings. The van der Waals surface area contributed by atoms with Crippen molar-refractivity contribution in [3.05, 3.63) is 59.7 Å². The minimum Gasteiger partial charge on any atom is -0.493 e. The number of carbonyl (C=O) groups is 3. The van der Waals surface area contributed by atoms with Gasteiger partial charge in [0.15, 0.2) is 0 Å². The highest BCUT2D eigenvalue weighted by molar-refractivity contribution is 6.34. The van der Waals surface area contributed by atoms with E-state index in [0.29, 0.717) is 48.2 Å². The summed E-state index contributed by atoms with van der Waals surface area (Å²) in [6.45, 7) is 7.37. The zero-order valence-electron chi connectivity index (χ0n) is 18.7. The molecule has 168 valence electrons. The lowest BCUT2D eigenvalue weighted by Crippen LogP contribution is -2.42. The van der Waals surface area contributed by atoms with Crippen LogP contribution in [0.15, 0.2) is 48.5 Å². The fourth-order valence-electron chi connectivity index (χ4n) is 3.96. The molecule has 0 unspecified atom stereocenters. The predicted octanol–water partition coefficient (Wildman–Crippen LogP) is 4.51. The molecule has 7 heteroatoms. The molecule has 4 rings (SSSR count). The second kappa shape index (κ2) is 8.65. The van der Waals surface area contributed by atoms with Crippen molar-refractivity contribution in [1.82, 2.24) is 4.90 Å². The Bertz CT molecular complexity index is 1000. The van der Waals surface area contributed by atoms with E-state index in [4.69, 9.17) is 9.47 Å². The zero-order chi connectivity index (χ0) is 22.9. The van der Waals surface area contributed by atoms with Crippen molar-refractivity contribution < 1.29 is 23.9 Å². The number of ether oxygens (including phenoxy) is 2. The van der Waals surface area contributed by atoms with Crippen molar-refractivity contribution in [2.24, 2.45) is 5.92 Å². The highest BCUT2D eigenvalue weighted by Gasteiger charge is 2.36. The summed E-state index contributed by atoms with van der Waals surface area (Å²) in [7, 11) is 0. The van der Waals surface area contributed by atoms with E-state index < -0.39 is 5.60 Å². The highest BCUT2D eigenvalue weighted by atomic mass is 16.6.